The number of esters is 1. The minimum atomic E-state index is -0.332. The van der Waals surface area contributed by atoms with E-state index in [1.54, 1.807) is 13.0 Å². The Kier molecular flexibility index (Phi) is 3.00. The molecular formula is C10H11N3O2S. The average molecular weight is 237 g/mol. The third-order valence-electron chi connectivity index (χ3n) is 1.96. The third kappa shape index (κ3) is 1.96. The summed E-state index contributed by atoms with van der Waals surface area (Å²) >= 11 is 1.42. The molecule has 5 nitrogen and oxygen atoms in total. The van der Waals surface area contributed by atoms with Gasteiger partial charge >= 0.3 is 5.97 Å². The maximum absolute atomic E-state index is 11.6. The standard InChI is InChI=1S/C10H11N3O2S/c1-3-15-10(14)7-4-5-16-8(7)9-11-6(2)12-13-9/h4-5H,3H2,1-2H3,(H,11,12,13). The Bertz CT molecular complexity index is 504. The Labute approximate surface area is 96.5 Å². The molecule has 0 unspecified atom stereocenters. The molecule has 0 aliphatic heterocycles. The lowest BCUT2D eigenvalue weighted by Gasteiger charge is -2.00. The number of aromatic nitrogens is 3. The van der Waals surface area contributed by atoms with Crippen LogP contribution >= 0.6 is 11.3 Å². The largest absolute Gasteiger partial charge is 0.462 e. The fourth-order valence-corrected chi connectivity index (χ4v) is 2.11. The van der Waals surface area contributed by atoms with E-state index in [9.17, 15) is 4.79 Å². The van der Waals surface area contributed by atoms with Crippen LogP contribution in [0, 0.1) is 6.92 Å². The molecule has 0 saturated heterocycles. The zero-order valence-corrected chi connectivity index (χ0v) is 9.80. The number of carbonyl (C=O) groups excluding carboxylic acids is 1. The number of nitrogens with one attached hydrogen (secondary N) is 1. The number of hydrogen-bond donors (Lipinski definition) is 1. The summed E-state index contributed by atoms with van der Waals surface area (Å²) in [7, 11) is 0. The Morgan fingerprint density at radius 3 is 3.06 bits per heavy atom. The molecule has 0 radical (unpaired) electrons. The molecule has 6 heteroatoms. The molecule has 2 heterocycles. The van der Waals surface area contributed by atoms with E-state index >= 15 is 0 Å². The van der Waals surface area contributed by atoms with Crippen LogP contribution in [0.5, 0.6) is 0 Å². The topological polar surface area (TPSA) is 67.9 Å². The molecule has 2 rings (SSSR count). The van der Waals surface area contributed by atoms with Gasteiger partial charge in [-0.15, -0.1) is 11.3 Å². The zero-order valence-electron chi connectivity index (χ0n) is 8.98. The molecule has 0 atom stereocenters. The van der Waals surface area contributed by atoms with Crippen molar-refractivity contribution in [3.63, 3.8) is 0 Å². The highest BCUT2D eigenvalue weighted by atomic mass is 32.1. The van der Waals surface area contributed by atoms with Crippen molar-refractivity contribution >= 4 is 17.3 Å². The van der Waals surface area contributed by atoms with Gasteiger partial charge in [0, 0.05) is 0 Å². The average Bonchev–Trinajstić information content (AvgIpc) is 2.85. The molecule has 0 aliphatic carbocycles. The molecule has 0 spiro atoms. The van der Waals surface area contributed by atoms with Gasteiger partial charge in [0.15, 0.2) is 5.82 Å². The molecule has 0 aromatic carbocycles. The summed E-state index contributed by atoms with van der Waals surface area (Å²) < 4.78 is 4.96. The molecule has 0 fully saturated rings. The summed E-state index contributed by atoms with van der Waals surface area (Å²) in [6.07, 6.45) is 0. The summed E-state index contributed by atoms with van der Waals surface area (Å²) in [6.45, 7) is 3.95. The lowest BCUT2D eigenvalue weighted by molar-refractivity contribution is 0.0528. The van der Waals surface area contributed by atoms with Gasteiger partial charge in [-0.05, 0) is 25.3 Å². The van der Waals surface area contributed by atoms with Gasteiger partial charge < -0.3 is 4.74 Å². The number of rotatable bonds is 3. The number of hydrogen-bond acceptors (Lipinski definition) is 5. The second-order valence-electron chi connectivity index (χ2n) is 3.13. The third-order valence-corrected chi connectivity index (χ3v) is 2.87. The van der Waals surface area contributed by atoms with Gasteiger partial charge in [-0.25, -0.2) is 9.78 Å². The number of aryl methyl sites for hydroxylation is 1. The van der Waals surface area contributed by atoms with Crippen LogP contribution in [0.15, 0.2) is 11.4 Å². The van der Waals surface area contributed by atoms with E-state index in [2.05, 4.69) is 15.2 Å². The van der Waals surface area contributed by atoms with E-state index in [1.165, 1.54) is 11.3 Å². The van der Waals surface area contributed by atoms with E-state index in [1.807, 2.05) is 12.3 Å². The number of nitrogens with zero attached hydrogens (tertiary/aromatic N) is 2. The van der Waals surface area contributed by atoms with Crippen LogP contribution < -0.4 is 0 Å². The van der Waals surface area contributed by atoms with E-state index < -0.39 is 0 Å². The van der Waals surface area contributed by atoms with E-state index in [4.69, 9.17) is 4.74 Å². The number of H-pyrrole nitrogens is 1. The second kappa shape index (κ2) is 4.44. The highest BCUT2D eigenvalue weighted by Crippen LogP contribution is 2.27. The monoisotopic (exact) mass is 237 g/mol. The van der Waals surface area contributed by atoms with E-state index in [0.29, 0.717) is 18.0 Å². The molecule has 0 bridgehead atoms. The van der Waals surface area contributed by atoms with Crippen molar-refractivity contribution in [2.75, 3.05) is 6.61 Å². The number of ether oxygens (including phenoxy) is 1. The molecule has 2 aromatic heterocycles. The van der Waals surface area contributed by atoms with Crippen LogP contribution in [-0.2, 0) is 4.74 Å². The normalized spacial score (nSPS) is 10.4. The lowest BCUT2D eigenvalue weighted by Crippen LogP contribution is -2.04. The van der Waals surface area contributed by atoms with Crippen molar-refractivity contribution in [2.45, 2.75) is 13.8 Å². The molecule has 1 N–H and O–H groups in total. The first-order chi connectivity index (χ1) is 7.72. The van der Waals surface area contributed by atoms with E-state index in [-0.39, 0.29) is 5.97 Å². The number of aromatic amines is 1. The number of carbonyl (C=O) groups is 1. The smallest absolute Gasteiger partial charge is 0.339 e. The highest BCUT2D eigenvalue weighted by Gasteiger charge is 2.17. The summed E-state index contributed by atoms with van der Waals surface area (Å²) in [6, 6.07) is 1.73. The van der Waals surface area contributed by atoms with Gasteiger partial charge in [0.25, 0.3) is 0 Å². The van der Waals surface area contributed by atoms with Crippen molar-refractivity contribution < 1.29 is 9.53 Å². The maximum Gasteiger partial charge on any atom is 0.339 e. The van der Waals surface area contributed by atoms with Crippen LogP contribution in [0.25, 0.3) is 10.7 Å². The first-order valence-corrected chi connectivity index (χ1v) is 5.74. The van der Waals surface area contributed by atoms with Crippen molar-refractivity contribution in [3.05, 3.63) is 22.8 Å². The van der Waals surface area contributed by atoms with Crippen LogP contribution in [0.4, 0.5) is 0 Å². The van der Waals surface area contributed by atoms with Crippen LogP contribution in [-0.4, -0.2) is 27.8 Å². The predicted octanol–water partition coefficient (Wildman–Crippen LogP) is 2.02. The Morgan fingerprint density at radius 2 is 2.44 bits per heavy atom. The number of thiophene rings is 1. The molecular weight excluding hydrogens is 226 g/mol. The van der Waals surface area contributed by atoms with Gasteiger partial charge in [-0.2, -0.15) is 5.10 Å². The zero-order chi connectivity index (χ0) is 11.5. The van der Waals surface area contributed by atoms with Crippen molar-refractivity contribution in [2.24, 2.45) is 0 Å². The van der Waals surface area contributed by atoms with Crippen LogP contribution in [0.3, 0.4) is 0 Å². The summed E-state index contributed by atoms with van der Waals surface area (Å²) in [5.74, 6) is 0.926. The van der Waals surface area contributed by atoms with Crippen LogP contribution in [0.2, 0.25) is 0 Å². The quantitative estimate of drug-likeness (QED) is 0.829. The summed E-state index contributed by atoms with van der Waals surface area (Å²) in [5, 5.41) is 8.60. The predicted molar refractivity (Wildman–Crippen MR) is 60.4 cm³/mol. The SMILES string of the molecule is CCOC(=O)c1ccsc1-c1n[nH]c(C)n1. The summed E-state index contributed by atoms with van der Waals surface area (Å²) in [5.41, 5.74) is 0.519. The van der Waals surface area contributed by atoms with Gasteiger partial charge in [0.05, 0.1) is 17.0 Å². The molecule has 0 saturated carbocycles. The Balaban J connectivity index is 2.36. The summed E-state index contributed by atoms with van der Waals surface area (Å²) in [4.78, 5) is 16.6. The molecule has 84 valence electrons. The van der Waals surface area contributed by atoms with E-state index in [0.717, 1.165) is 10.7 Å². The fourth-order valence-electron chi connectivity index (χ4n) is 1.30. The first kappa shape index (κ1) is 10.8. The van der Waals surface area contributed by atoms with Gasteiger partial charge in [-0.1, -0.05) is 0 Å². The minimum Gasteiger partial charge on any atom is -0.462 e. The lowest BCUT2D eigenvalue weighted by atomic mass is 10.2. The molecule has 16 heavy (non-hydrogen) atoms. The van der Waals surface area contributed by atoms with Crippen molar-refractivity contribution in [3.8, 4) is 10.7 Å². The molecule has 2 aromatic rings. The first-order valence-electron chi connectivity index (χ1n) is 4.86. The molecule has 0 amide bonds. The minimum absolute atomic E-state index is 0.332. The molecule has 0 aliphatic rings. The Morgan fingerprint density at radius 1 is 1.62 bits per heavy atom. The van der Waals surface area contributed by atoms with Crippen molar-refractivity contribution in [1.29, 1.82) is 0 Å². The second-order valence-corrected chi connectivity index (χ2v) is 4.04. The van der Waals surface area contributed by atoms with Crippen molar-refractivity contribution in [1.82, 2.24) is 15.2 Å². The van der Waals surface area contributed by atoms with Gasteiger partial charge in [-0.3, -0.25) is 5.10 Å². The Hall–Kier alpha value is -1.69. The van der Waals surface area contributed by atoms with Gasteiger partial charge in [0.1, 0.15) is 5.82 Å². The van der Waals surface area contributed by atoms with Crippen LogP contribution in [0.1, 0.15) is 23.1 Å². The maximum atomic E-state index is 11.6. The van der Waals surface area contributed by atoms with Gasteiger partial charge in [0.2, 0.25) is 0 Å². The fraction of sp³-hybridized carbons (Fsp3) is 0.300. The highest BCUT2D eigenvalue weighted by molar-refractivity contribution is 7.13.